The van der Waals surface area contributed by atoms with E-state index in [-0.39, 0.29) is 5.56 Å². The molecule has 1 amide bonds. The number of thiophene rings is 1. The highest BCUT2D eigenvalue weighted by Crippen LogP contribution is 2.44. The van der Waals surface area contributed by atoms with Crippen LogP contribution in [-0.4, -0.2) is 27.6 Å². The number of nitrogens with zero attached hydrogens (tertiary/aromatic N) is 2. The maximum atomic E-state index is 12.4. The molecule has 0 unspecified atom stereocenters. The molecule has 0 aliphatic rings. The van der Waals surface area contributed by atoms with Crippen molar-refractivity contribution in [1.82, 2.24) is 14.6 Å². The van der Waals surface area contributed by atoms with Gasteiger partial charge in [-0.3, -0.25) is 14.7 Å². The molecule has 26 heavy (non-hydrogen) atoms. The number of nitrogens with two attached hydrogens (primary N) is 1. The largest absolute Gasteiger partial charge is 0.495 e. The van der Waals surface area contributed by atoms with E-state index in [0.29, 0.717) is 17.0 Å². The summed E-state index contributed by atoms with van der Waals surface area (Å²) in [4.78, 5) is 28.8. The van der Waals surface area contributed by atoms with Crippen LogP contribution in [0, 0.1) is 0 Å². The number of hydrogen-bond acceptors (Lipinski definition) is 5. The number of carbonyl (C=O) groups excluding carboxylic acids is 1. The molecule has 130 valence electrons. The van der Waals surface area contributed by atoms with Gasteiger partial charge < -0.3 is 10.5 Å². The van der Waals surface area contributed by atoms with E-state index >= 15 is 0 Å². The van der Waals surface area contributed by atoms with Crippen LogP contribution < -0.4 is 16.0 Å². The Morgan fingerprint density at radius 1 is 1.27 bits per heavy atom. The minimum atomic E-state index is -0.812. The summed E-state index contributed by atoms with van der Waals surface area (Å²) in [6.45, 7) is 0. The summed E-state index contributed by atoms with van der Waals surface area (Å²) in [6, 6.07) is 9.89. The van der Waals surface area contributed by atoms with Crippen molar-refractivity contribution in [2.45, 2.75) is 0 Å². The molecule has 8 heteroatoms. The van der Waals surface area contributed by atoms with Crippen LogP contribution in [0.25, 0.3) is 27.2 Å². The topological polar surface area (TPSA) is 102 Å². The van der Waals surface area contributed by atoms with E-state index in [1.54, 1.807) is 13.3 Å². The third-order valence-corrected chi connectivity index (χ3v) is 5.08. The summed E-state index contributed by atoms with van der Waals surface area (Å²) in [5.41, 5.74) is 7.62. The first kappa shape index (κ1) is 16.1. The lowest BCUT2D eigenvalue weighted by molar-refractivity contribution is 0.0998. The van der Waals surface area contributed by atoms with Crippen molar-refractivity contribution < 1.29 is 9.53 Å². The average molecular weight is 366 g/mol. The van der Waals surface area contributed by atoms with Crippen LogP contribution in [0.2, 0.25) is 0 Å². The van der Waals surface area contributed by atoms with Gasteiger partial charge in [-0.2, -0.15) is 0 Å². The van der Waals surface area contributed by atoms with Gasteiger partial charge in [0.15, 0.2) is 5.65 Å². The first-order valence-electron chi connectivity index (χ1n) is 7.72. The van der Waals surface area contributed by atoms with Gasteiger partial charge in [-0.15, -0.1) is 11.3 Å². The standard InChI is InChI=1S/C18H14N4O3S/c1-25-14-13(10-5-3-2-4-6-10)9-26-15(14)11-8-21-22-17(11)20-7-12(16(19)23)18(22)24/h2-9,21H,1H3,(H2,19,23). The van der Waals surface area contributed by atoms with Crippen molar-refractivity contribution in [2.75, 3.05) is 7.11 Å². The van der Waals surface area contributed by atoms with E-state index in [0.717, 1.165) is 16.0 Å². The van der Waals surface area contributed by atoms with Crippen molar-refractivity contribution in [1.29, 1.82) is 0 Å². The van der Waals surface area contributed by atoms with Crippen LogP contribution in [0.3, 0.4) is 0 Å². The fourth-order valence-corrected chi connectivity index (χ4v) is 3.90. The smallest absolute Gasteiger partial charge is 0.285 e. The second-order valence-corrected chi connectivity index (χ2v) is 6.44. The van der Waals surface area contributed by atoms with Gasteiger partial charge in [0.05, 0.1) is 17.6 Å². The number of benzene rings is 1. The maximum absolute atomic E-state index is 12.4. The van der Waals surface area contributed by atoms with Crippen molar-refractivity contribution in [3.8, 4) is 27.3 Å². The zero-order valence-electron chi connectivity index (χ0n) is 13.7. The van der Waals surface area contributed by atoms with Crippen LogP contribution >= 0.6 is 11.3 Å². The van der Waals surface area contributed by atoms with Gasteiger partial charge in [0, 0.05) is 23.3 Å². The van der Waals surface area contributed by atoms with Gasteiger partial charge in [0.1, 0.15) is 11.3 Å². The van der Waals surface area contributed by atoms with Gasteiger partial charge in [0.25, 0.3) is 11.5 Å². The number of amides is 1. The Bertz CT molecular complexity index is 1170. The second-order valence-electron chi connectivity index (χ2n) is 5.57. The molecule has 0 fully saturated rings. The van der Waals surface area contributed by atoms with E-state index in [1.165, 1.54) is 22.0 Å². The number of H-pyrrole nitrogens is 1. The molecule has 3 N–H and O–H groups in total. The number of nitrogens with one attached hydrogen (secondary N) is 1. The van der Waals surface area contributed by atoms with Crippen LogP contribution in [0.1, 0.15) is 10.4 Å². The first-order valence-corrected chi connectivity index (χ1v) is 8.60. The summed E-state index contributed by atoms with van der Waals surface area (Å²) in [5.74, 6) is -0.107. The lowest BCUT2D eigenvalue weighted by atomic mass is 10.1. The van der Waals surface area contributed by atoms with Crippen molar-refractivity contribution in [2.24, 2.45) is 5.73 Å². The molecule has 0 spiro atoms. The molecular weight excluding hydrogens is 352 g/mol. The summed E-state index contributed by atoms with van der Waals surface area (Å²) in [6.07, 6.45) is 2.87. The zero-order valence-corrected chi connectivity index (χ0v) is 14.5. The number of rotatable bonds is 4. The highest BCUT2D eigenvalue weighted by molar-refractivity contribution is 7.14. The number of aromatic nitrogens is 3. The number of fused-ring (bicyclic) bond motifs is 1. The number of carbonyl (C=O) groups is 1. The molecule has 0 radical (unpaired) electrons. The molecule has 0 saturated carbocycles. The molecule has 0 bridgehead atoms. The Morgan fingerprint density at radius 3 is 2.73 bits per heavy atom. The zero-order chi connectivity index (χ0) is 18.3. The average Bonchev–Trinajstić information content (AvgIpc) is 3.26. The summed E-state index contributed by atoms with van der Waals surface area (Å²) in [5, 5.41) is 4.84. The van der Waals surface area contributed by atoms with Gasteiger partial charge in [-0.25, -0.2) is 9.50 Å². The van der Waals surface area contributed by atoms with Crippen molar-refractivity contribution >= 4 is 22.9 Å². The number of aromatic amines is 1. The molecule has 0 atom stereocenters. The molecule has 4 rings (SSSR count). The summed E-state index contributed by atoms with van der Waals surface area (Å²) >= 11 is 1.49. The van der Waals surface area contributed by atoms with E-state index < -0.39 is 11.5 Å². The number of methoxy groups -OCH3 is 1. The van der Waals surface area contributed by atoms with Gasteiger partial charge in [0.2, 0.25) is 0 Å². The Labute approximate surface area is 151 Å². The fraction of sp³-hybridized carbons (Fsp3) is 0.0556. The highest BCUT2D eigenvalue weighted by Gasteiger charge is 2.20. The van der Waals surface area contributed by atoms with Gasteiger partial charge >= 0.3 is 0 Å². The van der Waals surface area contributed by atoms with E-state index in [2.05, 4.69) is 10.1 Å². The Morgan fingerprint density at radius 2 is 2.04 bits per heavy atom. The molecule has 3 aromatic heterocycles. The van der Waals surface area contributed by atoms with E-state index in [4.69, 9.17) is 10.5 Å². The van der Waals surface area contributed by atoms with Crippen LogP contribution in [0.4, 0.5) is 0 Å². The molecule has 7 nitrogen and oxygen atoms in total. The minimum Gasteiger partial charge on any atom is -0.495 e. The van der Waals surface area contributed by atoms with Crippen molar-refractivity contribution in [3.63, 3.8) is 0 Å². The lowest BCUT2D eigenvalue weighted by Gasteiger charge is -2.06. The fourth-order valence-electron chi connectivity index (χ4n) is 2.85. The Hall–Kier alpha value is -3.39. The minimum absolute atomic E-state index is 0.168. The second kappa shape index (κ2) is 6.16. The third-order valence-electron chi connectivity index (χ3n) is 4.08. The Balaban J connectivity index is 1.92. The van der Waals surface area contributed by atoms with Crippen LogP contribution in [-0.2, 0) is 0 Å². The lowest BCUT2D eigenvalue weighted by Crippen LogP contribution is -2.27. The first-order chi connectivity index (χ1) is 12.6. The third kappa shape index (κ3) is 2.39. The number of primary amides is 1. The van der Waals surface area contributed by atoms with E-state index in [9.17, 15) is 9.59 Å². The van der Waals surface area contributed by atoms with Gasteiger partial charge in [-0.05, 0) is 5.56 Å². The van der Waals surface area contributed by atoms with Crippen LogP contribution in [0.15, 0.2) is 52.9 Å². The number of hydrogen-bond donors (Lipinski definition) is 2. The van der Waals surface area contributed by atoms with Crippen LogP contribution in [0.5, 0.6) is 5.75 Å². The molecule has 3 heterocycles. The van der Waals surface area contributed by atoms with E-state index in [1.807, 2.05) is 35.7 Å². The summed E-state index contributed by atoms with van der Waals surface area (Å²) in [7, 11) is 1.61. The quantitative estimate of drug-likeness (QED) is 0.579. The SMILES string of the molecule is COc1c(-c2ccccc2)csc1-c1c[nH]n2c(=O)c(C(N)=O)cnc12. The predicted molar refractivity (Wildman–Crippen MR) is 99.6 cm³/mol. The van der Waals surface area contributed by atoms with Crippen molar-refractivity contribution in [3.05, 3.63) is 64.0 Å². The Kier molecular flexibility index (Phi) is 3.81. The highest BCUT2D eigenvalue weighted by atomic mass is 32.1. The predicted octanol–water partition coefficient (Wildman–Crippen LogP) is 2.53. The number of ether oxygens (including phenoxy) is 1. The van der Waals surface area contributed by atoms with Gasteiger partial charge in [-0.1, -0.05) is 30.3 Å². The molecule has 0 saturated heterocycles. The molecule has 1 aromatic carbocycles. The molecule has 4 aromatic rings. The monoisotopic (exact) mass is 366 g/mol. The molecular formula is C18H14N4O3S. The maximum Gasteiger partial charge on any atom is 0.285 e. The summed E-state index contributed by atoms with van der Waals surface area (Å²) < 4.78 is 6.85. The molecule has 0 aliphatic heterocycles. The normalized spacial score (nSPS) is 11.0. The molecule has 0 aliphatic carbocycles.